The topological polar surface area (TPSA) is 28.7 Å². The molecule has 2 nitrogen and oxygen atoms in total. The molecule has 1 unspecified atom stereocenters. The van der Waals surface area contributed by atoms with Gasteiger partial charge in [0.05, 0.1) is 17.7 Å². The average molecular weight is 244 g/mol. The van der Waals surface area contributed by atoms with Gasteiger partial charge in [-0.25, -0.2) is 4.98 Å². The lowest BCUT2D eigenvalue weighted by molar-refractivity contribution is 0.649. The highest BCUT2D eigenvalue weighted by molar-refractivity contribution is 5.71. The molecule has 0 spiro atoms. The summed E-state index contributed by atoms with van der Waals surface area (Å²) in [6.07, 6.45) is 6.14. The zero-order valence-corrected chi connectivity index (χ0v) is 12.0. The highest BCUT2D eigenvalue weighted by Crippen LogP contribution is 2.27. The standard InChI is InChI=1S/C16H24N2/c1-7-8-12(4)14(6)16-15(17-10-18-16)9-13(5)11(2)3/h9-10,12H,2,6-8H2,1,3-5H3,(H,17,18)/b13-9-. The Morgan fingerprint density at radius 2 is 2.11 bits per heavy atom. The Hall–Kier alpha value is -1.57. The first kappa shape index (κ1) is 14.5. The van der Waals surface area contributed by atoms with Gasteiger partial charge in [-0.05, 0) is 43.4 Å². The largest absolute Gasteiger partial charge is 0.345 e. The van der Waals surface area contributed by atoms with Crippen molar-refractivity contribution >= 4 is 11.6 Å². The maximum Gasteiger partial charge on any atom is 0.0931 e. The lowest BCUT2D eigenvalue weighted by atomic mass is 9.94. The van der Waals surface area contributed by atoms with Gasteiger partial charge >= 0.3 is 0 Å². The number of aromatic nitrogens is 2. The summed E-state index contributed by atoms with van der Waals surface area (Å²) in [4.78, 5) is 7.58. The van der Waals surface area contributed by atoms with Crippen LogP contribution in [0.5, 0.6) is 0 Å². The van der Waals surface area contributed by atoms with E-state index in [0.717, 1.165) is 34.5 Å². The predicted molar refractivity (Wildman–Crippen MR) is 80.2 cm³/mol. The van der Waals surface area contributed by atoms with Gasteiger partial charge in [0.1, 0.15) is 0 Å². The molecule has 1 rings (SSSR count). The van der Waals surface area contributed by atoms with E-state index in [2.05, 4.69) is 50.0 Å². The van der Waals surface area contributed by atoms with Gasteiger partial charge in [0.25, 0.3) is 0 Å². The van der Waals surface area contributed by atoms with Gasteiger partial charge in [0.15, 0.2) is 0 Å². The molecule has 2 heteroatoms. The van der Waals surface area contributed by atoms with Crippen molar-refractivity contribution in [2.75, 3.05) is 0 Å². The van der Waals surface area contributed by atoms with Crippen molar-refractivity contribution in [3.63, 3.8) is 0 Å². The average Bonchev–Trinajstić information content (AvgIpc) is 2.76. The first-order valence-electron chi connectivity index (χ1n) is 6.54. The van der Waals surface area contributed by atoms with E-state index in [9.17, 15) is 0 Å². The zero-order chi connectivity index (χ0) is 13.7. The first-order valence-corrected chi connectivity index (χ1v) is 6.54. The van der Waals surface area contributed by atoms with Crippen molar-refractivity contribution < 1.29 is 0 Å². The minimum atomic E-state index is 0.468. The van der Waals surface area contributed by atoms with Gasteiger partial charge in [-0.15, -0.1) is 0 Å². The van der Waals surface area contributed by atoms with E-state index >= 15 is 0 Å². The summed E-state index contributed by atoms with van der Waals surface area (Å²) in [5, 5.41) is 0. The SMILES string of the molecule is C=C(C)/C(C)=C\c1[nH]cnc1C(=C)C(C)CCC. The summed E-state index contributed by atoms with van der Waals surface area (Å²) >= 11 is 0. The Labute approximate surface area is 111 Å². The number of aromatic amines is 1. The van der Waals surface area contributed by atoms with Gasteiger partial charge in [-0.1, -0.05) is 39.0 Å². The minimum absolute atomic E-state index is 0.468. The molecule has 18 heavy (non-hydrogen) atoms. The third kappa shape index (κ3) is 3.46. The zero-order valence-electron chi connectivity index (χ0n) is 12.0. The van der Waals surface area contributed by atoms with Crippen LogP contribution in [-0.2, 0) is 0 Å². The number of rotatable bonds is 6. The molecule has 0 amide bonds. The second-order valence-electron chi connectivity index (χ2n) is 4.99. The highest BCUT2D eigenvalue weighted by Gasteiger charge is 2.13. The normalized spacial score (nSPS) is 13.4. The van der Waals surface area contributed by atoms with Crippen LogP contribution in [0.1, 0.15) is 51.9 Å². The summed E-state index contributed by atoms with van der Waals surface area (Å²) in [7, 11) is 0. The molecule has 0 aromatic carbocycles. The lowest BCUT2D eigenvalue weighted by Gasteiger charge is -2.12. The second kappa shape index (κ2) is 6.39. The number of hydrogen-bond donors (Lipinski definition) is 1. The monoisotopic (exact) mass is 244 g/mol. The molecule has 1 aromatic rings. The fourth-order valence-electron chi connectivity index (χ4n) is 1.85. The maximum absolute atomic E-state index is 4.40. The summed E-state index contributed by atoms with van der Waals surface area (Å²) in [5.41, 5.74) is 5.36. The van der Waals surface area contributed by atoms with Gasteiger partial charge in [0.2, 0.25) is 0 Å². The van der Waals surface area contributed by atoms with Crippen molar-refractivity contribution in [1.29, 1.82) is 0 Å². The number of allylic oxidation sites excluding steroid dienone is 3. The lowest BCUT2D eigenvalue weighted by Crippen LogP contribution is -1.99. The van der Waals surface area contributed by atoms with Gasteiger partial charge in [-0.2, -0.15) is 0 Å². The summed E-state index contributed by atoms with van der Waals surface area (Å²) in [6.45, 7) is 16.6. The van der Waals surface area contributed by atoms with Crippen LogP contribution in [0.3, 0.4) is 0 Å². The summed E-state index contributed by atoms with van der Waals surface area (Å²) in [6, 6.07) is 0. The van der Waals surface area contributed by atoms with Crippen molar-refractivity contribution in [3.05, 3.63) is 42.0 Å². The molecule has 98 valence electrons. The molecule has 1 N–H and O–H groups in total. The molecule has 1 heterocycles. The minimum Gasteiger partial charge on any atom is -0.345 e. The van der Waals surface area contributed by atoms with E-state index < -0.39 is 0 Å². The van der Waals surface area contributed by atoms with Crippen molar-refractivity contribution in [1.82, 2.24) is 9.97 Å². The second-order valence-corrected chi connectivity index (χ2v) is 4.99. The van der Waals surface area contributed by atoms with Crippen LogP contribution in [0, 0.1) is 5.92 Å². The van der Waals surface area contributed by atoms with E-state index in [1.165, 1.54) is 6.42 Å². The van der Waals surface area contributed by atoms with Crippen LogP contribution < -0.4 is 0 Å². The molecule has 0 aliphatic carbocycles. The smallest absolute Gasteiger partial charge is 0.0931 e. The highest BCUT2D eigenvalue weighted by atomic mass is 14.9. The quantitative estimate of drug-likeness (QED) is 0.713. The molecule has 0 saturated heterocycles. The Balaban J connectivity index is 2.99. The van der Waals surface area contributed by atoms with E-state index in [0.29, 0.717) is 5.92 Å². The van der Waals surface area contributed by atoms with Crippen LogP contribution in [0.25, 0.3) is 11.6 Å². The molecule has 0 saturated carbocycles. The molecule has 0 aliphatic heterocycles. The van der Waals surface area contributed by atoms with Gasteiger partial charge in [0, 0.05) is 0 Å². The fourth-order valence-corrected chi connectivity index (χ4v) is 1.85. The molecular formula is C16H24N2. The van der Waals surface area contributed by atoms with Crippen LogP contribution in [0.4, 0.5) is 0 Å². The van der Waals surface area contributed by atoms with E-state index in [-0.39, 0.29) is 0 Å². The Kier molecular flexibility index (Phi) is 5.14. The molecule has 1 atom stereocenters. The third-order valence-corrected chi connectivity index (χ3v) is 3.32. The fraction of sp³-hybridized carbons (Fsp3) is 0.438. The molecule has 0 bridgehead atoms. The van der Waals surface area contributed by atoms with Crippen LogP contribution in [0.15, 0.2) is 30.6 Å². The summed E-state index contributed by atoms with van der Waals surface area (Å²) < 4.78 is 0. The van der Waals surface area contributed by atoms with Gasteiger partial charge in [-0.3, -0.25) is 0 Å². The van der Waals surface area contributed by atoms with Crippen molar-refractivity contribution in [3.8, 4) is 0 Å². The van der Waals surface area contributed by atoms with Crippen molar-refractivity contribution in [2.45, 2.75) is 40.5 Å². The predicted octanol–water partition coefficient (Wildman–Crippen LogP) is 4.84. The number of nitrogens with one attached hydrogen (secondary N) is 1. The molecule has 0 fully saturated rings. The molecular weight excluding hydrogens is 220 g/mol. The Morgan fingerprint density at radius 1 is 1.44 bits per heavy atom. The van der Waals surface area contributed by atoms with Crippen LogP contribution in [0.2, 0.25) is 0 Å². The van der Waals surface area contributed by atoms with Gasteiger partial charge < -0.3 is 4.98 Å². The number of hydrogen-bond acceptors (Lipinski definition) is 1. The summed E-state index contributed by atoms with van der Waals surface area (Å²) in [5.74, 6) is 0.468. The van der Waals surface area contributed by atoms with E-state index in [1.807, 2.05) is 6.92 Å². The van der Waals surface area contributed by atoms with Crippen molar-refractivity contribution in [2.24, 2.45) is 5.92 Å². The molecule has 0 aliphatic rings. The van der Waals surface area contributed by atoms with Crippen LogP contribution in [-0.4, -0.2) is 9.97 Å². The number of imidazole rings is 1. The van der Waals surface area contributed by atoms with E-state index in [1.54, 1.807) is 6.33 Å². The third-order valence-electron chi connectivity index (χ3n) is 3.32. The molecule has 1 aromatic heterocycles. The maximum atomic E-state index is 4.40. The Morgan fingerprint density at radius 3 is 2.67 bits per heavy atom. The number of nitrogens with zero attached hydrogens (tertiary/aromatic N) is 1. The first-order chi connectivity index (χ1) is 8.47. The Bertz CT molecular complexity index is 463. The van der Waals surface area contributed by atoms with E-state index in [4.69, 9.17) is 0 Å². The molecule has 0 radical (unpaired) electrons. The van der Waals surface area contributed by atoms with Crippen LogP contribution >= 0.6 is 0 Å². The number of H-pyrrole nitrogens is 1.